The molecule has 5 rings (SSSR count). The number of nitrogens with one attached hydrogen (secondary N) is 3. The summed E-state index contributed by atoms with van der Waals surface area (Å²) < 4.78 is 45.7. The monoisotopic (exact) mass is 534 g/mol. The van der Waals surface area contributed by atoms with Crippen molar-refractivity contribution in [2.75, 3.05) is 10.6 Å². The van der Waals surface area contributed by atoms with Crippen molar-refractivity contribution in [2.24, 2.45) is 0 Å². The van der Waals surface area contributed by atoms with E-state index in [0.29, 0.717) is 39.6 Å². The van der Waals surface area contributed by atoms with E-state index in [-0.39, 0.29) is 6.42 Å². The number of aromatic nitrogens is 4. The lowest BCUT2D eigenvalue weighted by atomic mass is 9.87. The summed E-state index contributed by atoms with van der Waals surface area (Å²) in [5.74, 6) is 0.124. The largest absolute Gasteiger partial charge is 0.483 e. The third-order valence-corrected chi connectivity index (χ3v) is 6.53. The van der Waals surface area contributed by atoms with E-state index in [9.17, 15) is 18.0 Å². The van der Waals surface area contributed by atoms with Gasteiger partial charge in [0.15, 0.2) is 5.82 Å². The predicted octanol–water partition coefficient (Wildman–Crippen LogP) is 6.86. The zero-order valence-electron chi connectivity index (χ0n) is 20.9. The van der Waals surface area contributed by atoms with Crippen LogP contribution in [0, 0.1) is 6.92 Å². The first-order chi connectivity index (χ1) is 18.7. The molecular formula is C28H25F3N6O2. The van der Waals surface area contributed by atoms with Gasteiger partial charge in [-0.1, -0.05) is 54.6 Å². The highest BCUT2D eigenvalue weighted by Gasteiger charge is 2.38. The van der Waals surface area contributed by atoms with Crippen LogP contribution in [0.25, 0.3) is 22.5 Å². The molecule has 2 amide bonds. The fourth-order valence-corrected chi connectivity index (χ4v) is 4.69. The smallest absolute Gasteiger partial charge is 0.389 e. The number of rotatable bonds is 7. The molecule has 1 aliphatic heterocycles. The second-order valence-electron chi connectivity index (χ2n) is 9.26. The van der Waals surface area contributed by atoms with E-state index >= 15 is 0 Å². The molecule has 3 N–H and O–H groups in total. The first-order valence-corrected chi connectivity index (χ1v) is 12.2. The normalized spacial score (nSPS) is 16.3. The van der Waals surface area contributed by atoms with E-state index in [4.69, 9.17) is 4.74 Å². The first-order valence-electron chi connectivity index (χ1n) is 12.2. The van der Waals surface area contributed by atoms with Crippen molar-refractivity contribution < 1.29 is 22.7 Å². The highest BCUT2D eigenvalue weighted by atomic mass is 19.4. The van der Waals surface area contributed by atoms with E-state index in [2.05, 4.69) is 37.8 Å². The predicted molar refractivity (Wildman–Crippen MR) is 142 cm³/mol. The van der Waals surface area contributed by atoms with E-state index in [0.717, 1.165) is 11.1 Å². The maximum Gasteiger partial charge on any atom is 0.389 e. The van der Waals surface area contributed by atoms with Gasteiger partial charge in [-0.3, -0.25) is 0 Å². The topological polar surface area (TPSA) is 105 Å². The van der Waals surface area contributed by atoms with Crippen LogP contribution < -0.4 is 15.4 Å². The summed E-state index contributed by atoms with van der Waals surface area (Å²) in [6.45, 7) is 5.71. The van der Waals surface area contributed by atoms with Crippen molar-refractivity contribution in [2.45, 2.75) is 38.0 Å². The van der Waals surface area contributed by atoms with Crippen molar-refractivity contribution in [3.05, 3.63) is 84.4 Å². The molecule has 0 radical (unpaired) electrons. The molecule has 39 heavy (non-hydrogen) atoms. The second kappa shape index (κ2) is 10.6. The summed E-state index contributed by atoms with van der Waals surface area (Å²) >= 11 is 0. The number of H-pyrrole nitrogens is 1. The van der Waals surface area contributed by atoms with Crippen molar-refractivity contribution in [1.82, 2.24) is 20.6 Å². The van der Waals surface area contributed by atoms with E-state index < -0.39 is 30.7 Å². The summed E-state index contributed by atoms with van der Waals surface area (Å²) in [5.41, 5.74) is 4.55. The van der Waals surface area contributed by atoms with Gasteiger partial charge in [0.05, 0.1) is 5.69 Å². The molecule has 2 atom stereocenters. The van der Waals surface area contributed by atoms with Gasteiger partial charge in [-0.05, 0) is 59.2 Å². The van der Waals surface area contributed by atoms with Crippen LogP contribution in [0.15, 0.2) is 73.3 Å². The zero-order valence-corrected chi connectivity index (χ0v) is 20.9. The Morgan fingerprint density at radius 1 is 1.10 bits per heavy atom. The standard InChI is InChI=1S/C28H25F3N6O2/c1-3-24-20(12-13-28(29,30)31)22-14-17(19-6-4-5-7-21(19)26-34-36-37-35-26)15-23(25(22)39-24)33-27(38)32-18-10-8-16(2)9-11-18/h3-11,14-15,20,24H,1,12-13H2,2H3,(H2,32,33,38)(H,34,35,36,37)/t20-,24+/m0/s1. The van der Waals surface area contributed by atoms with Gasteiger partial charge in [-0.2, -0.15) is 13.2 Å². The maximum absolute atomic E-state index is 13.2. The van der Waals surface area contributed by atoms with Crippen LogP contribution in [0.4, 0.5) is 29.3 Å². The molecule has 0 saturated heterocycles. The molecule has 0 spiro atoms. The lowest BCUT2D eigenvalue weighted by Gasteiger charge is -2.17. The molecule has 4 aromatic rings. The Kier molecular flexibility index (Phi) is 7.05. The van der Waals surface area contributed by atoms with E-state index in [1.807, 2.05) is 43.3 Å². The third kappa shape index (κ3) is 5.77. The fourth-order valence-electron chi connectivity index (χ4n) is 4.69. The van der Waals surface area contributed by atoms with Gasteiger partial charge in [0.1, 0.15) is 11.9 Å². The molecule has 3 aromatic carbocycles. The molecule has 0 bridgehead atoms. The van der Waals surface area contributed by atoms with Crippen LogP contribution in [-0.4, -0.2) is 38.9 Å². The number of halogens is 3. The number of nitrogens with zero attached hydrogens (tertiary/aromatic N) is 3. The highest BCUT2D eigenvalue weighted by Crippen LogP contribution is 2.49. The van der Waals surface area contributed by atoms with Gasteiger partial charge < -0.3 is 15.4 Å². The van der Waals surface area contributed by atoms with Gasteiger partial charge >= 0.3 is 12.2 Å². The number of fused-ring (bicyclic) bond motifs is 1. The quantitative estimate of drug-likeness (QED) is 0.225. The molecule has 11 heteroatoms. The molecule has 0 unspecified atom stereocenters. The minimum Gasteiger partial charge on any atom is -0.483 e. The molecule has 0 aliphatic carbocycles. The Morgan fingerprint density at radius 2 is 1.85 bits per heavy atom. The molecule has 2 heterocycles. The van der Waals surface area contributed by atoms with Crippen LogP contribution in [0.5, 0.6) is 5.75 Å². The first kappa shape index (κ1) is 26.0. The van der Waals surface area contributed by atoms with Crippen LogP contribution >= 0.6 is 0 Å². The summed E-state index contributed by atoms with van der Waals surface area (Å²) in [6.07, 6.45) is -4.70. The second-order valence-corrected chi connectivity index (χ2v) is 9.26. The summed E-state index contributed by atoms with van der Waals surface area (Å²) in [4.78, 5) is 13.0. The number of tetrazole rings is 1. The fraction of sp³-hybridized carbons (Fsp3) is 0.214. The molecule has 0 saturated carbocycles. The van der Waals surface area contributed by atoms with Gasteiger partial charge in [0.2, 0.25) is 0 Å². The minimum atomic E-state index is -4.33. The number of urea groups is 1. The van der Waals surface area contributed by atoms with Crippen molar-refractivity contribution >= 4 is 17.4 Å². The summed E-state index contributed by atoms with van der Waals surface area (Å²) in [7, 11) is 0. The number of ether oxygens (including phenoxy) is 1. The third-order valence-electron chi connectivity index (χ3n) is 6.53. The average Bonchev–Trinajstić information content (AvgIpc) is 3.56. The maximum atomic E-state index is 13.2. The minimum absolute atomic E-state index is 0.195. The Balaban J connectivity index is 1.57. The zero-order chi connectivity index (χ0) is 27.6. The number of anilines is 2. The number of aromatic amines is 1. The Bertz CT molecular complexity index is 1490. The highest BCUT2D eigenvalue weighted by molar-refractivity contribution is 6.01. The van der Waals surface area contributed by atoms with Crippen molar-refractivity contribution in [1.29, 1.82) is 0 Å². The lowest BCUT2D eigenvalue weighted by Crippen LogP contribution is -2.20. The van der Waals surface area contributed by atoms with E-state index in [1.54, 1.807) is 24.3 Å². The number of benzene rings is 3. The Morgan fingerprint density at radius 3 is 2.51 bits per heavy atom. The SMILES string of the molecule is C=C[C@H]1Oc2c(NC(=O)Nc3ccc(C)cc3)cc(-c3ccccc3-c3nnn[nH]3)cc2[C@@H]1CCC(F)(F)F. The van der Waals surface area contributed by atoms with Crippen LogP contribution in [0.1, 0.15) is 29.9 Å². The number of hydrogen-bond acceptors (Lipinski definition) is 5. The van der Waals surface area contributed by atoms with Crippen LogP contribution in [-0.2, 0) is 0 Å². The van der Waals surface area contributed by atoms with Crippen molar-refractivity contribution in [3.63, 3.8) is 0 Å². The number of hydrogen-bond donors (Lipinski definition) is 3. The number of amides is 2. The molecule has 0 fully saturated rings. The Hall–Kier alpha value is -4.67. The molecule has 1 aromatic heterocycles. The number of aryl methyl sites for hydroxylation is 1. The molecule has 200 valence electrons. The van der Waals surface area contributed by atoms with Gasteiger partial charge in [0, 0.05) is 29.2 Å². The van der Waals surface area contributed by atoms with Gasteiger partial charge in [0.25, 0.3) is 0 Å². The van der Waals surface area contributed by atoms with Gasteiger partial charge in [-0.25, -0.2) is 9.89 Å². The number of carbonyl (C=O) groups excluding carboxylic acids is 1. The molecular weight excluding hydrogens is 509 g/mol. The van der Waals surface area contributed by atoms with Gasteiger partial charge in [-0.15, -0.1) is 5.10 Å². The summed E-state index contributed by atoms with van der Waals surface area (Å²) in [6, 6.07) is 17.6. The van der Waals surface area contributed by atoms with E-state index in [1.165, 1.54) is 6.08 Å². The van der Waals surface area contributed by atoms with Crippen molar-refractivity contribution in [3.8, 4) is 28.3 Å². The number of alkyl halides is 3. The summed E-state index contributed by atoms with van der Waals surface area (Å²) in [5, 5.41) is 19.7. The number of carbonyl (C=O) groups is 1. The Labute approximate surface area is 222 Å². The lowest BCUT2D eigenvalue weighted by molar-refractivity contribution is -0.136. The molecule has 1 aliphatic rings. The average molecular weight is 535 g/mol. The van der Waals surface area contributed by atoms with Crippen LogP contribution in [0.3, 0.4) is 0 Å². The molecule has 8 nitrogen and oxygen atoms in total. The van der Waals surface area contributed by atoms with Crippen LogP contribution in [0.2, 0.25) is 0 Å².